The average Bonchev–Trinajstić information content (AvgIpc) is 2.47. The van der Waals surface area contributed by atoms with Gasteiger partial charge in [0.25, 0.3) is 0 Å². The Morgan fingerprint density at radius 3 is 2.38 bits per heavy atom. The first-order valence-electron chi connectivity index (χ1n) is 5.16. The lowest BCUT2D eigenvalue weighted by molar-refractivity contribution is -0.141. The summed E-state index contributed by atoms with van der Waals surface area (Å²) in [6.45, 7) is 3.62. The van der Waals surface area contributed by atoms with Gasteiger partial charge in [-0.2, -0.15) is 0 Å². The SMILES string of the molecule is CC(C)C(C(N)=O)N1CC(C(=O)O)CC1=O. The summed E-state index contributed by atoms with van der Waals surface area (Å²) in [6.07, 6.45) is -0.0498. The molecule has 0 aromatic rings. The highest BCUT2D eigenvalue weighted by molar-refractivity contribution is 5.91. The third-order valence-electron chi connectivity index (χ3n) is 2.77. The molecule has 1 aliphatic rings. The highest BCUT2D eigenvalue weighted by Crippen LogP contribution is 2.23. The molecule has 1 fully saturated rings. The van der Waals surface area contributed by atoms with Crippen LogP contribution in [0.2, 0.25) is 0 Å². The van der Waals surface area contributed by atoms with Crippen LogP contribution >= 0.6 is 0 Å². The molecule has 0 aromatic carbocycles. The summed E-state index contributed by atoms with van der Waals surface area (Å²) >= 11 is 0. The quantitative estimate of drug-likeness (QED) is 0.672. The molecule has 1 saturated heterocycles. The van der Waals surface area contributed by atoms with Gasteiger partial charge in [0.1, 0.15) is 6.04 Å². The Hall–Kier alpha value is -1.59. The lowest BCUT2D eigenvalue weighted by Crippen LogP contribution is -2.48. The molecular weight excluding hydrogens is 212 g/mol. The number of carbonyl (C=O) groups excluding carboxylic acids is 2. The molecule has 6 heteroatoms. The van der Waals surface area contributed by atoms with Crippen molar-refractivity contribution in [3.8, 4) is 0 Å². The Morgan fingerprint density at radius 1 is 1.50 bits per heavy atom. The fourth-order valence-electron chi connectivity index (χ4n) is 2.01. The summed E-state index contributed by atoms with van der Waals surface area (Å²) in [5.41, 5.74) is 5.22. The topological polar surface area (TPSA) is 101 Å². The molecule has 16 heavy (non-hydrogen) atoms. The van der Waals surface area contributed by atoms with Gasteiger partial charge in [-0.1, -0.05) is 13.8 Å². The van der Waals surface area contributed by atoms with Gasteiger partial charge in [0.05, 0.1) is 5.92 Å². The van der Waals surface area contributed by atoms with E-state index >= 15 is 0 Å². The summed E-state index contributed by atoms with van der Waals surface area (Å²) in [7, 11) is 0. The second kappa shape index (κ2) is 4.51. The van der Waals surface area contributed by atoms with Crippen LogP contribution in [0.5, 0.6) is 0 Å². The molecule has 2 unspecified atom stereocenters. The second-order valence-corrected chi connectivity index (χ2v) is 4.38. The molecule has 0 aromatic heterocycles. The number of rotatable bonds is 4. The molecule has 90 valence electrons. The number of primary amides is 1. The van der Waals surface area contributed by atoms with E-state index < -0.39 is 23.8 Å². The zero-order valence-electron chi connectivity index (χ0n) is 9.34. The van der Waals surface area contributed by atoms with Gasteiger partial charge in [-0.15, -0.1) is 0 Å². The summed E-state index contributed by atoms with van der Waals surface area (Å²) in [6, 6.07) is -0.711. The van der Waals surface area contributed by atoms with Crippen molar-refractivity contribution in [2.75, 3.05) is 6.54 Å². The van der Waals surface area contributed by atoms with E-state index in [9.17, 15) is 14.4 Å². The summed E-state index contributed by atoms with van der Waals surface area (Å²) < 4.78 is 0. The number of likely N-dealkylation sites (tertiary alicyclic amines) is 1. The van der Waals surface area contributed by atoms with Gasteiger partial charge in [-0.05, 0) is 5.92 Å². The van der Waals surface area contributed by atoms with Crippen molar-refractivity contribution < 1.29 is 19.5 Å². The van der Waals surface area contributed by atoms with E-state index in [-0.39, 0.29) is 24.8 Å². The Morgan fingerprint density at radius 2 is 2.06 bits per heavy atom. The van der Waals surface area contributed by atoms with E-state index in [4.69, 9.17) is 10.8 Å². The van der Waals surface area contributed by atoms with Crippen molar-refractivity contribution in [3.05, 3.63) is 0 Å². The number of carboxylic acid groups (broad SMARTS) is 1. The fourth-order valence-corrected chi connectivity index (χ4v) is 2.01. The van der Waals surface area contributed by atoms with Crippen molar-refractivity contribution in [2.45, 2.75) is 26.3 Å². The van der Waals surface area contributed by atoms with E-state index in [0.29, 0.717) is 0 Å². The van der Waals surface area contributed by atoms with Gasteiger partial charge in [-0.3, -0.25) is 14.4 Å². The van der Waals surface area contributed by atoms with Gasteiger partial charge in [-0.25, -0.2) is 0 Å². The maximum absolute atomic E-state index is 11.6. The normalized spacial score (nSPS) is 22.6. The van der Waals surface area contributed by atoms with E-state index in [1.165, 1.54) is 4.90 Å². The number of nitrogens with zero attached hydrogens (tertiary/aromatic N) is 1. The van der Waals surface area contributed by atoms with Crippen LogP contribution in [0.4, 0.5) is 0 Å². The number of hydrogen-bond acceptors (Lipinski definition) is 3. The second-order valence-electron chi connectivity index (χ2n) is 4.38. The first kappa shape index (κ1) is 12.5. The van der Waals surface area contributed by atoms with Crippen molar-refractivity contribution >= 4 is 17.8 Å². The minimum Gasteiger partial charge on any atom is -0.481 e. The zero-order valence-corrected chi connectivity index (χ0v) is 9.34. The van der Waals surface area contributed by atoms with Crippen LogP contribution in [0.15, 0.2) is 0 Å². The first-order valence-corrected chi connectivity index (χ1v) is 5.16. The number of hydrogen-bond donors (Lipinski definition) is 2. The monoisotopic (exact) mass is 228 g/mol. The molecule has 1 aliphatic heterocycles. The number of carbonyl (C=O) groups is 3. The van der Waals surface area contributed by atoms with Crippen LogP contribution < -0.4 is 5.73 Å². The van der Waals surface area contributed by atoms with Gasteiger partial charge < -0.3 is 15.7 Å². The van der Waals surface area contributed by atoms with Crippen molar-refractivity contribution in [3.63, 3.8) is 0 Å². The highest BCUT2D eigenvalue weighted by Gasteiger charge is 2.40. The molecule has 6 nitrogen and oxygen atoms in total. The van der Waals surface area contributed by atoms with Gasteiger partial charge in [0, 0.05) is 13.0 Å². The van der Waals surface area contributed by atoms with Crippen LogP contribution in [0.3, 0.4) is 0 Å². The molecule has 3 N–H and O–H groups in total. The lowest BCUT2D eigenvalue weighted by Gasteiger charge is -2.28. The minimum absolute atomic E-state index is 0.0498. The predicted octanol–water partition coefficient (Wildman–Crippen LogP) is -0.571. The summed E-state index contributed by atoms with van der Waals surface area (Å²) in [4.78, 5) is 34.9. The van der Waals surface area contributed by atoms with Crippen LogP contribution in [0.25, 0.3) is 0 Å². The Labute approximate surface area is 93.4 Å². The van der Waals surface area contributed by atoms with Gasteiger partial charge in [0.15, 0.2) is 0 Å². The summed E-state index contributed by atoms with van der Waals surface area (Å²) in [5, 5.41) is 8.81. The van der Waals surface area contributed by atoms with Crippen molar-refractivity contribution in [1.29, 1.82) is 0 Å². The van der Waals surface area contributed by atoms with E-state index in [1.807, 2.05) is 0 Å². The highest BCUT2D eigenvalue weighted by atomic mass is 16.4. The smallest absolute Gasteiger partial charge is 0.308 e. The molecule has 0 radical (unpaired) electrons. The molecule has 0 aliphatic carbocycles. The minimum atomic E-state index is -1.01. The van der Waals surface area contributed by atoms with Crippen LogP contribution in [0, 0.1) is 11.8 Å². The Kier molecular flexibility index (Phi) is 3.51. The Balaban J connectivity index is 2.84. The first-order chi connectivity index (χ1) is 7.34. The van der Waals surface area contributed by atoms with Crippen LogP contribution in [-0.2, 0) is 14.4 Å². The average molecular weight is 228 g/mol. The van der Waals surface area contributed by atoms with Gasteiger partial charge in [0.2, 0.25) is 11.8 Å². The molecule has 0 bridgehead atoms. The van der Waals surface area contributed by atoms with Crippen LogP contribution in [0.1, 0.15) is 20.3 Å². The molecule has 2 amide bonds. The molecule has 1 heterocycles. The maximum Gasteiger partial charge on any atom is 0.308 e. The molecule has 0 spiro atoms. The maximum atomic E-state index is 11.6. The lowest BCUT2D eigenvalue weighted by atomic mass is 10.0. The summed E-state index contributed by atoms with van der Waals surface area (Å²) in [5.74, 6) is -2.76. The largest absolute Gasteiger partial charge is 0.481 e. The van der Waals surface area contributed by atoms with E-state index in [1.54, 1.807) is 13.8 Å². The van der Waals surface area contributed by atoms with E-state index in [2.05, 4.69) is 0 Å². The third-order valence-corrected chi connectivity index (χ3v) is 2.77. The number of carboxylic acids is 1. The molecular formula is C10H16N2O4. The molecule has 1 rings (SSSR count). The van der Waals surface area contributed by atoms with Gasteiger partial charge >= 0.3 is 5.97 Å². The molecule has 0 saturated carbocycles. The number of amides is 2. The number of aliphatic carboxylic acids is 1. The van der Waals surface area contributed by atoms with Crippen LogP contribution in [-0.4, -0.2) is 40.4 Å². The third kappa shape index (κ3) is 2.32. The van der Waals surface area contributed by atoms with Crippen molar-refractivity contribution in [2.24, 2.45) is 17.6 Å². The van der Waals surface area contributed by atoms with Crippen molar-refractivity contribution in [1.82, 2.24) is 4.90 Å². The Bertz CT molecular complexity index is 327. The number of nitrogens with two attached hydrogens (primary N) is 1. The molecule has 2 atom stereocenters. The van der Waals surface area contributed by atoms with E-state index in [0.717, 1.165) is 0 Å². The predicted molar refractivity (Wildman–Crippen MR) is 55.3 cm³/mol. The standard InChI is InChI=1S/C10H16N2O4/c1-5(2)8(9(11)14)12-4-6(10(15)16)3-7(12)13/h5-6,8H,3-4H2,1-2H3,(H2,11,14)(H,15,16). The zero-order chi connectivity index (χ0) is 12.5. The fraction of sp³-hybridized carbons (Fsp3) is 0.700.